The zero-order valence-corrected chi connectivity index (χ0v) is 16.3. The fourth-order valence-corrected chi connectivity index (χ4v) is 4.68. The number of nitrogens with zero attached hydrogens (tertiary/aromatic N) is 2. The lowest BCUT2D eigenvalue weighted by Gasteiger charge is -2.13. The summed E-state index contributed by atoms with van der Waals surface area (Å²) < 4.78 is 26.3. The van der Waals surface area contributed by atoms with Gasteiger partial charge in [0.2, 0.25) is 15.9 Å². The lowest BCUT2D eigenvalue weighted by atomic mass is 10.1. The summed E-state index contributed by atoms with van der Waals surface area (Å²) in [5, 5.41) is 14.9. The Kier molecular flexibility index (Phi) is 5.72. The van der Waals surface area contributed by atoms with Crippen LogP contribution in [0, 0.1) is 10.1 Å². The second-order valence-corrected chi connectivity index (χ2v) is 8.80. The maximum Gasteiger partial charge on any atom is 0.270 e. The minimum atomic E-state index is -3.66. The first-order valence-electron chi connectivity index (χ1n) is 8.15. The predicted molar refractivity (Wildman–Crippen MR) is 101 cm³/mol. The lowest BCUT2D eigenvalue weighted by molar-refractivity contribution is -0.384. The van der Waals surface area contributed by atoms with E-state index in [1.54, 1.807) is 11.4 Å². The van der Waals surface area contributed by atoms with Crippen LogP contribution in [0.3, 0.4) is 0 Å². The van der Waals surface area contributed by atoms with E-state index in [-0.39, 0.29) is 34.1 Å². The molecule has 0 saturated heterocycles. The molecule has 3 amide bonds. The molecule has 1 aliphatic rings. The third-order valence-electron chi connectivity index (χ3n) is 3.97. The number of imide groups is 1. The van der Waals surface area contributed by atoms with Crippen molar-refractivity contribution in [1.29, 1.82) is 0 Å². The Labute approximate surface area is 168 Å². The summed E-state index contributed by atoms with van der Waals surface area (Å²) in [6.07, 6.45) is 0. The van der Waals surface area contributed by atoms with Crippen molar-refractivity contribution in [2.24, 2.45) is 0 Å². The summed E-state index contributed by atoms with van der Waals surface area (Å²) in [6.45, 7) is -0.726. The second-order valence-electron chi connectivity index (χ2n) is 5.86. The Morgan fingerprint density at radius 3 is 2.52 bits per heavy atom. The molecule has 13 heteroatoms. The van der Waals surface area contributed by atoms with Gasteiger partial charge in [0.25, 0.3) is 17.5 Å². The molecule has 2 aromatic rings. The van der Waals surface area contributed by atoms with Crippen molar-refractivity contribution in [2.75, 3.05) is 19.6 Å². The van der Waals surface area contributed by atoms with Gasteiger partial charge in [0.15, 0.2) is 0 Å². The highest BCUT2D eigenvalue weighted by atomic mass is 32.2. The molecular weight excluding hydrogens is 424 g/mol. The molecular formula is C16H14N4O7S2. The topological polar surface area (TPSA) is 156 Å². The third kappa shape index (κ3) is 4.31. The van der Waals surface area contributed by atoms with Crippen LogP contribution in [-0.2, 0) is 14.8 Å². The minimum absolute atomic E-state index is 0.0166. The van der Waals surface area contributed by atoms with Gasteiger partial charge in [0.05, 0.1) is 16.1 Å². The first-order chi connectivity index (χ1) is 13.7. The number of hydrogen-bond acceptors (Lipinski definition) is 8. The number of rotatable bonds is 8. The number of hydrogen-bond donors (Lipinski definition) is 2. The zero-order valence-electron chi connectivity index (χ0n) is 14.7. The fraction of sp³-hybridized carbons (Fsp3) is 0.188. The molecule has 1 aliphatic heterocycles. The summed E-state index contributed by atoms with van der Waals surface area (Å²) in [6, 6.07) is 6.31. The third-order valence-corrected chi connectivity index (χ3v) is 6.82. The number of carbonyl (C=O) groups is 3. The number of nitrogens with one attached hydrogen (secondary N) is 2. The maximum absolute atomic E-state index is 12.3. The molecule has 0 saturated carbocycles. The van der Waals surface area contributed by atoms with Crippen LogP contribution in [0.5, 0.6) is 0 Å². The molecule has 0 fully saturated rings. The molecule has 0 radical (unpaired) electrons. The number of nitro benzene ring substituents is 1. The molecule has 29 heavy (non-hydrogen) atoms. The Morgan fingerprint density at radius 1 is 1.14 bits per heavy atom. The molecule has 0 unspecified atom stereocenters. The molecule has 11 nitrogen and oxygen atoms in total. The van der Waals surface area contributed by atoms with Gasteiger partial charge < -0.3 is 5.32 Å². The average Bonchev–Trinajstić information content (AvgIpc) is 3.30. The monoisotopic (exact) mass is 438 g/mol. The Bertz CT molecular complexity index is 1100. The van der Waals surface area contributed by atoms with E-state index in [4.69, 9.17) is 0 Å². The van der Waals surface area contributed by atoms with Gasteiger partial charge in [-0.05, 0) is 17.5 Å². The van der Waals surface area contributed by atoms with E-state index in [0.717, 1.165) is 23.5 Å². The zero-order chi connectivity index (χ0) is 21.2. The summed E-state index contributed by atoms with van der Waals surface area (Å²) in [7, 11) is -3.66. The molecule has 0 aliphatic carbocycles. The van der Waals surface area contributed by atoms with E-state index >= 15 is 0 Å². The van der Waals surface area contributed by atoms with Gasteiger partial charge in [0, 0.05) is 25.2 Å². The van der Waals surface area contributed by atoms with Gasteiger partial charge in [-0.1, -0.05) is 6.07 Å². The quantitative estimate of drug-likeness (QED) is 0.261. The van der Waals surface area contributed by atoms with Crippen molar-refractivity contribution >= 4 is 44.8 Å². The molecule has 2 heterocycles. The van der Waals surface area contributed by atoms with Crippen LogP contribution < -0.4 is 10.0 Å². The summed E-state index contributed by atoms with van der Waals surface area (Å²) in [4.78, 5) is 47.4. The summed E-state index contributed by atoms with van der Waals surface area (Å²) >= 11 is 1.05. The standard InChI is InChI=1S/C16H14N4O7S2/c21-13(17-5-6-18-29(26,27)14-2-1-7-28-14)9-19-15(22)11-4-3-10(20(24)25)8-12(11)16(19)23/h1-4,7-8,18H,5-6,9H2,(H,17,21). The summed E-state index contributed by atoms with van der Waals surface area (Å²) in [5.41, 5.74) is -0.493. The molecule has 152 valence electrons. The molecule has 1 aromatic carbocycles. The number of nitro groups is 1. The highest BCUT2D eigenvalue weighted by molar-refractivity contribution is 7.91. The van der Waals surface area contributed by atoms with E-state index in [9.17, 15) is 32.9 Å². The van der Waals surface area contributed by atoms with Crippen LogP contribution in [0.15, 0.2) is 39.9 Å². The van der Waals surface area contributed by atoms with E-state index in [2.05, 4.69) is 10.0 Å². The molecule has 3 rings (SSSR count). The SMILES string of the molecule is O=C(CN1C(=O)c2ccc([N+](=O)[O-])cc2C1=O)NCCNS(=O)(=O)c1cccs1. The van der Waals surface area contributed by atoms with Crippen LogP contribution in [0.2, 0.25) is 0 Å². The maximum atomic E-state index is 12.3. The smallest absolute Gasteiger partial charge is 0.270 e. The number of sulfonamides is 1. The van der Waals surface area contributed by atoms with E-state index < -0.39 is 39.2 Å². The fourth-order valence-electron chi connectivity index (χ4n) is 2.61. The molecule has 0 bridgehead atoms. The Hall–Kier alpha value is -3.16. The van der Waals surface area contributed by atoms with Gasteiger partial charge in [-0.3, -0.25) is 29.4 Å². The number of benzene rings is 1. The van der Waals surface area contributed by atoms with Crippen LogP contribution in [0.1, 0.15) is 20.7 Å². The number of fused-ring (bicyclic) bond motifs is 1. The van der Waals surface area contributed by atoms with Crippen LogP contribution in [-0.4, -0.2) is 55.6 Å². The molecule has 0 spiro atoms. The van der Waals surface area contributed by atoms with Gasteiger partial charge >= 0.3 is 0 Å². The predicted octanol–water partition coefficient (Wildman–Crippen LogP) is 0.347. The van der Waals surface area contributed by atoms with E-state index in [1.165, 1.54) is 12.1 Å². The first kappa shape index (κ1) is 20.6. The molecule has 0 atom stereocenters. The lowest BCUT2D eigenvalue weighted by Crippen LogP contribution is -2.42. The van der Waals surface area contributed by atoms with Gasteiger partial charge in [-0.2, -0.15) is 0 Å². The Morgan fingerprint density at radius 2 is 1.86 bits per heavy atom. The minimum Gasteiger partial charge on any atom is -0.353 e. The highest BCUT2D eigenvalue weighted by Gasteiger charge is 2.37. The van der Waals surface area contributed by atoms with Gasteiger partial charge in [0.1, 0.15) is 10.8 Å². The van der Waals surface area contributed by atoms with Crippen molar-refractivity contribution < 1.29 is 27.7 Å². The number of carbonyl (C=O) groups excluding carboxylic acids is 3. The molecule has 1 aromatic heterocycles. The van der Waals surface area contributed by atoms with E-state index in [0.29, 0.717) is 4.90 Å². The number of amides is 3. The van der Waals surface area contributed by atoms with Gasteiger partial charge in [-0.25, -0.2) is 13.1 Å². The van der Waals surface area contributed by atoms with Crippen molar-refractivity contribution in [3.05, 3.63) is 57.0 Å². The van der Waals surface area contributed by atoms with Crippen molar-refractivity contribution in [2.45, 2.75) is 4.21 Å². The highest BCUT2D eigenvalue weighted by Crippen LogP contribution is 2.26. The van der Waals surface area contributed by atoms with Crippen molar-refractivity contribution in [3.8, 4) is 0 Å². The van der Waals surface area contributed by atoms with Crippen LogP contribution >= 0.6 is 11.3 Å². The van der Waals surface area contributed by atoms with Gasteiger partial charge in [-0.15, -0.1) is 11.3 Å². The summed E-state index contributed by atoms with van der Waals surface area (Å²) in [5.74, 6) is -2.21. The second kappa shape index (κ2) is 8.06. The molecule has 2 N–H and O–H groups in total. The first-order valence-corrected chi connectivity index (χ1v) is 10.5. The Balaban J connectivity index is 1.54. The van der Waals surface area contributed by atoms with Crippen LogP contribution in [0.4, 0.5) is 5.69 Å². The van der Waals surface area contributed by atoms with Crippen LogP contribution in [0.25, 0.3) is 0 Å². The van der Waals surface area contributed by atoms with Crippen molar-refractivity contribution in [1.82, 2.24) is 14.9 Å². The largest absolute Gasteiger partial charge is 0.353 e. The number of non-ortho nitro benzene ring substituents is 1. The average molecular weight is 438 g/mol. The normalized spacial score (nSPS) is 13.4. The van der Waals surface area contributed by atoms with Crippen molar-refractivity contribution in [3.63, 3.8) is 0 Å². The number of thiophene rings is 1. The van der Waals surface area contributed by atoms with E-state index in [1.807, 2.05) is 0 Å².